The van der Waals surface area contributed by atoms with E-state index in [-0.39, 0.29) is 5.41 Å². The van der Waals surface area contributed by atoms with Crippen LogP contribution in [0.15, 0.2) is 164 Å². The van der Waals surface area contributed by atoms with Crippen LogP contribution in [-0.4, -0.2) is 0 Å². The third-order valence-electron chi connectivity index (χ3n) is 9.27. The molecule has 210 valence electrons. The Morgan fingerprint density at radius 2 is 0.886 bits per heavy atom. The third-order valence-corrected chi connectivity index (χ3v) is 9.27. The zero-order chi connectivity index (χ0) is 29.7. The number of nitrogens with zero attached hydrogens (tertiary/aromatic N) is 1. The predicted molar refractivity (Wildman–Crippen MR) is 187 cm³/mol. The van der Waals surface area contributed by atoms with E-state index in [9.17, 15) is 0 Å². The minimum absolute atomic E-state index is 0.140. The van der Waals surface area contributed by atoms with Crippen molar-refractivity contribution in [2.45, 2.75) is 19.3 Å². The molecule has 1 nitrogen and oxygen atoms in total. The maximum absolute atomic E-state index is 2.42. The van der Waals surface area contributed by atoms with Crippen LogP contribution in [0.3, 0.4) is 0 Å². The second kappa shape index (κ2) is 10.4. The van der Waals surface area contributed by atoms with Crippen molar-refractivity contribution in [1.82, 2.24) is 0 Å². The van der Waals surface area contributed by atoms with Crippen LogP contribution >= 0.6 is 0 Å². The highest BCUT2D eigenvalue weighted by atomic mass is 15.1. The van der Waals surface area contributed by atoms with Crippen molar-refractivity contribution >= 4 is 27.8 Å². The van der Waals surface area contributed by atoms with Gasteiger partial charge in [-0.3, -0.25) is 0 Å². The zero-order valence-corrected chi connectivity index (χ0v) is 25.0. The van der Waals surface area contributed by atoms with Crippen molar-refractivity contribution in [1.29, 1.82) is 0 Å². The molecular formula is C43H33N. The van der Waals surface area contributed by atoms with E-state index in [2.05, 4.69) is 183 Å². The van der Waals surface area contributed by atoms with E-state index >= 15 is 0 Å². The highest BCUT2D eigenvalue weighted by Crippen LogP contribution is 2.50. The quantitative estimate of drug-likeness (QED) is 0.201. The van der Waals surface area contributed by atoms with Crippen LogP contribution in [0.4, 0.5) is 17.1 Å². The van der Waals surface area contributed by atoms with Gasteiger partial charge in [-0.25, -0.2) is 0 Å². The van der Waals surface area contributed by atoms with Crippen LogP contribution in [0.2, 0.25) is 0 Å². The van der Waals surface area contributed by atoms with E-state index in [1.54, 1.807) is 0 Å². The van der Waals surface area contributed by atoms with E-state index < -0.39 is 0 Å². The highest BCUT2D eigenvalue weighted by molar-refractivity contribution is 6.03. The minimum atomic E-state index is -0.140. The van der Waals surface area contributed by atoms with Crippen LogP contribution in [0, 0.1) is 0 Å². The van der Waals surface area contributed by atoms with Crippen molar-refractivity contribution in [3.8, 4) is 33.4 Å². The summed E-state index contributed by atoms with van der Waals surface area (Å²) in [6.45, 7) is 4.74. The van der Waals surface area contributed by atoms with Crippen LogP contribution in [0.1, 0.15) is 25.0 Å². The van der Waals surface area contributed by atoms with Gasteiger partial charge in [0.2, 0.25) is 0 Å². The first-order chi connectivity index (χ1) is 21.6. The van der Waals surface area contributed by atoms with E-state index in [4.69, 9.17) is 0 Å². The van der Waals surface area contributed by atoms with Gasteiger partial charge in [0, 0.05) is 22.5 Å². The molecule has 7 aromatic carbocycles. The Hall–Kier alpha value is -5.40. The molecule has 44 heavy (non-hydrogen) atoms. The molecule has 0 fully saturated rings. The average molecular weight is 564 g/mol. The number of anilines is 3. The Morgan fingerprint density at radius 3 is 1.45 bits per heavy atom. The fourth-order valence-electron chi connectivity index (χ4n) is 6.97. The van der Waals surface area contributed by atoms with Crippen molar-refractivity contribution in [2.24, 2.45) is 0 Å². The number of rotatable bonds is 5. The van der Waals surface area contributed by atoms with Crippen molar-refractivity contribution in [3.63, 3.8) is 0 Å². The van der Waals surface area contributed by atoms with Gasteiger partial charge in [0.1, 0.15) is 0 Å². The van der Waals surface area contributed by atoms with Gasteiger partial charge >= 0.3 is 0 Å². The monoisotopic (exact) mass is 563 g/mol. The summed E-state index contributed by atoms with van der Waals surface area (Å²) >= 11 is 0. The lowest BCUT2D eigenvalue weighted by atomic mass is 9.68. The first-order valence-corrected chi connectivity index (χ1v) is 15.4. The Morgan fingerprint density at radius 1 is 0.386 bits per heavy atom. The van der Waals surface area contributed by atoms with Gasteiger partial charge in [-0.05, 0) is 91.7 Å². The molecule has 1 heteroatoms. The minimum Gasteiger partial charge on any atom is -0.310 e. The van der Waals surface area contributed by atoms with Crippen LogP contribution in [-0.2, 0) is 5.41 Å². The number of hydrogen-bond acceptors (Lipinski definition) is 1. The average Bonchev–Trinajstić information content (AvgIpc) is 3.09. The first-order valence-electron chi connectivity index (χ1n) is 15.4. The van der Waals surface area contributed by atoms with E-state index in [1.165, 1.54) is 55.3 Å². The molecule has 0 saturated carbocycles. The van der Waals surface area contributed by atoms with Gasteiger partial charge in [0.05, 0.1) is 0 Å². The lowest BCUT2D eigenvalue weighted by Crippen LogP contribution is -2.24. The third kappa shape index (κ3) is 4.32. The fraction of sp³-hybridized carbons (Fsp3) is 0.0698. The summed E-state index contributed by atoms with van der Waals surface area (Å²) in [6.07, 6.45) is 0. The number of hydrogen-bond donors (Lipinski definition) is 0. The molecule has 0 spiro atoms. The molecule has 1 aliphatic carbocycles. The van der Waals surface area contributed by atoms with E-state index in [0.717, 1.165) is 17.1 Å². The Balaban J connectivity index is 1.28. The van der Waals surface area contributed by atoms with Crippen LogP contribution in [0.5, 0.6) is 0 Å². The number of fused-ring (bicyclic) bond motifs is 2. The Bertz CT molecular complexity index is 2020. The topological polar surface area (TPSA) is 3.24 Å². The Labute approximate surface area is 259 Å². The van der Waals surface area contributed by atoms with Gasteiger partial charge in [-0.15, -0.1) is 0 Å². The van der Waals surface area contributed by atoms with Crippen molar-refractivity contribution < 1.29 is 0 Å². The maximum atomic E-state index is 2.42. The Kier molecular flexibility index (Phi) is 6.20. The summed E-state index contributed by atoms with van der Waals surface area (Å²) in [5, 5.41) is 2.69. The van der Waals surface area contributed by atoms with Gasteiger partial charge in [0.15, 0.2) is 0 Å². The standard InChI is InChI=1S/C43H33N/c1-43(2)40-18-10-16-34-15-9-17-39(42(34)40)38-28-27-37(29-41(38)43)44(35-23-19-32(20-24-35)30-11-5-3-6-12-30)36-25-21-33(22-26-36)31-13-7-4-8-14-31/h3-29H,1-2H3. The highest BCUT2D eigenvalue weighted by Gasteiger charge is 2.34. The second-order valence-electron chi connectivity index (χ2n) is 12.2. The second-order valence-corrected chi connectivity index (χ2v) is 12.2. The lowest BCUT2D eigenvalue weighted by Gasteiger charge is -2.36. The molecule has 0 radical (unpaired) electrons. The molecule has 0 aromatic heterocycles. The molecule has 8 rings (SSSR count). The van der Waals surface area contributed by atoms with E-state index in [1.807, 2.05) is 0 Å². The van der Waals surface area contributed by atoms with Gasteiger partial charge in [-0.1, -0.05) is 141 Å². The maximum Gasteiger partial charge on any atom is 0.0465 e. The molecule has 0 atom stereocenters. The zero-order valence-electron chi connectivity index (χ0n) is 25.0. The molecule has 0 saturated heterocycles. The molecule has 0 bridgehead atoms. The van der Waals surface area contributed by atoms with Crippen molar-refractivity contribution in [2.75, 3.05) is 4.90 Å². The van der Waals surface area contributed by atoms with E-state index in [0.29, 0.717) is 0 Å². The summed E-state index contributed by atoms with van der Waals surface area (Å²) < 4.78 is 0. The molecule has 7 aromatic rings. The summed E-state index contributed by atoms with van der Waals surface area (Å²) in [5.74, 6) is 0. The summed E-state index contributed by atoms with van der Waals surface area (Å²) in [4.78, 5) is 2.39. The van der Waals surface area contributed by atoms with Gasteiger partial charge in [-0.2, -0.15) is 0 Å². The normalized spacial score (nSPS) is 13.0. The summed E-state index contributed by atoms with van der Waals surface area (Å²) in [5.41, 5.74) is 13.5. The summed E-state index contributed by atoms with van der Waals surface area (Å²) in [6, 6.07) is 59.6. The van der Waals surface area contributed by atoms with Crippen LogP contribution in [0.25, 0.3) is 44.2 Å². The van der Waals surface area contributed by atoms with Crippen LogP contribution < -0.4 is 4.90 Å². The largest absolute Gasteiger partial charge is 0.310 e. The van der Waals surface area contributed by atoms with Gasteiger partial charge in [0.25, 0.3) is 0 Å². The molecule has 0 aliphatic heterocycles. The lowest BCUT2D eigenvalue weighted by molar-refractivity contribution is 0.645. The number of benzene rings is 7. The molecule has 0 amide bonds. The molecule has 0 heterocycles. The fourth-order valence-corrected chi connectivity index (χ4v) is 6.97. The first kappa shape index (κ1) is 26.2. The smallest absolute Gasteiger partial charge is 0.0465 e. The summed E-state index contributed by atoms with van der Waals surface area (Å²) in [7, 11) is 0. The van der Waals surface area contributed by atoms with Crippen molar-refractivity contribution in [3.05, 3.63) is 175 Å². The SMILES string of the molecule is CC1(C)c2cc(N(c3ccc(-c4ccccc4)cc3)c3ccc(-c4ccccc4)cc3)ccc2-c2cccc3cccc1c23. The molecule has 0 unspecified atom stereocenters. The van der Waals surface area contributed by atoms with Gasteiger partial charge < -0.3 is 4.90 Å². The molecular weight excluding hydrogens is 530 g/mol. The predicted octanol–water partition coefficient (Wildman–Crippen LogP) is 11.9. The molecule has 0 N–H and O–H groups in total. The molecule has 1 aliphatic rings.